The van der Waals surface area contributed by atoms with Crippen molar-refractivity contribution in [3.63, 3.8) is 0 Å². The molecule has 0 aliphatic carbocycles. The maximum Gasteiger partial charge on any atom is 0.0931 e. The van der Waals surface area contributed by atoms with Crippen LogP contribution in [0.1, 0.15) is 16.0 Å². The first-order valence-electron chi connectivity index (χ1n) is 5.85. The van der Waals surface area contributed by atoms with Crippen molar-refractivity contribution < 1.29 is 0 Å². The monoisotopic (exact) mass is 343 g/mol. The van der Waals surface area contributed by atoms with Gasteiger partial charge in [-0.15, -0.1) is 11.3 Å². The molecule has 0 spiro atoms. The summed E-state index contributed by atoms with van der Waals surface area (Å²) in [5.74, 6) is 0. The van der Waals surface area contributed by atoms with Crippen molar-refractivity contribution in [2.24, 2.45) is 0 Å². The molecule has 4 heteroatoms. The molecule has 0 radical (unpaired) electrons. The number of aryl methyl sites for hydroxylation is 1. The zero-order chi connectivity index (χ0) is 13.0. The van der Waals surface area contributed by atoms with Crippen LogP contribution in [0.15, 0.2) is 34.8 Å². The van der Waals surface area contributed by atoms with E-state index in [1.165, 1.54) is 20.5 Å². The summed E-state index contributed by atoms with van der Waals surface area (Å²) in [6.45, 7) is 4.00. The van der Waals surface area contributed by atoms with Crippen LogP contribution in [-0.4, -0.2) is 6.54 Å². The van der Waals surface area contributed by atoms with Gasteiger partial charge >= 0.3 is 0 Å². The SMILES string of the molecule is Cc1cc(CNCCc2ccc(Cl)s2)ccc1Br. The smallest absolute Gasteiger partial charge is 0.0931 e. The van der Waals surface area contributed by atoms with Gasteiger partial charge < -0.3 is 5.32 Å². The average Bonchev–Trinajstić information content (AvgIpc) is 2.75. The second-order valence-corrected chi connectivity index (χ2v) is 6.87. The van der Waals surface area contributed by atoms with E-state index in [0.29, 0.717) is 0 Å². The number of hydrogen-bond acceptors (Lipinski definition) is 2. The first kappa shape index (κ1) is 14.1. The van der Waals surface area contributed by atoms with E-state index in [9.17, 15) is 0 Å². The van der Waals surface area contributed by atoms with E-state index in [0.717, 1.165) is 23.8 Å². The third kappa shape index (κ3) is 4.09. The minimum absolute atomic E-state index is 0.869. The predicted molar refractivity (Wildman–Crippen MR) is 83.6 cm³/mol. The zero-order valence-electron chi connectivity index (χ0n) is 10.2. The highest BCUT2D eigenvalue weighted by Crippen LogP contribution is 2.21. The Bertz CT molecular complexity index is 524. The van der Waals surface area contributed by atoms with Gasteiger partial charge in [0.15, 0.2) is 0 Å². The first-order valence-corrected chi connectivity index (χ1v) is 7.84. The molecule has 2 rings (SSSR count). The molecule has 0 atom stereocenters. The van der Waals surface area contributed by atoms with E-state index in [2.05, 4.69) is 52.4 Å². The van der Waals surface area contributed by atoms with Crippen molar-refractivity contribution in [3.05, 3.63) is 55.1 Å². The van der Waals surface area contributed by atoms with E-state index in [4.69, 9.17) is 11.6 Å². The highest BCUT2D eigenvalue weighted by molar-refractivity contribution is 9.10. The Hall–Kier alpha value is -0.350. The Balaban J connectivity index is 1.76. The lowest BCUT2D eigenvalue weighted by molar-refractivity contribution is 0.690. The topological polar surface area (TPSA) is 12.0 Å². The molecular formula is C14H15BrClNS. The molecule has 0 saturated carbocycles. The molecule has 1 aromatic heterocycles. The maximum atomic E-state index is 5.89. The summed E-state index contributed by atoms with van der Waals surface area (Å²) >= 11 is 11.1. The van der Waals surface area contributed by atoms with Crippen molar-refractivity contribution in [3.8, 4) is 0 Å². The summed E-state index contributed by atoms with van der Waals surface area (Å²) in [6.07, 6.45) is 1.03. The van der Waals surface area contributed by atoms with Crippen LogP contribution in [0.5, 0.6) is 0 Å². The largest absolute Gasteiger partial charge is 0.312 e. The van der Waals surface area contributed by atoms with Gasteiger partial charge in [-0.05, 0) is 42.7 Å². The Labute approximate surface area is 125 Å². The number of thiophene rings is 1. The van der Waals surface area contributed by atoms with Crippen molar-refractivity contribution in [1.82, 2.24) is 5.32 Å². The second kappa shape index (κ2) is 6.71. The lowest BCUT2D eigenvalue weighted by atomic mass is 10.1. The first-order chi connectivity index (χ1) is 8.65. The third-order valence-electron chi connectivity index (χ3n) is 2.73. The summed E-state index contributed by atoms with van der Waals surface area (Å²) in [7, 11) is 0. The molecular weight excluding hydrogens is 330 g/mol. The predicted octanol–water partition coefficient (Wildman–Crippen LogP) is 4.80. The highest BCUT2D eigenvalue weighted by atomic mass is 79.9. The number of hydrogen-bond donors (Lipinski definition) is 1. The Morgan fingerprint density at radius 2 is 2.11 bits per heavy atom. The molecule has 0 saturated heterocycles. The summed E-state index contributed by atoms with van der Waals surface area (Å²) in [4.78, 5) is 1.33. The number of benzene rings is 1. The van der Waals surface area contributed by atoms with Crippen LogP contribution in [0.3, 0.4) is 0 Å². The maximum absolute atomic E-state index is 5.89. The molecule has 0 aliphatic heterocycles. The molecule has 1 heterocycles. The normalized spacial score (nSPS) is 10.8. The molecule has 0 unspecified atom stereocenters. The average molecular weight is 345 g/mol. The third-order valence-corrected chi connectivity index (χ3v) is 4.91. The van der Waals surface area contributed by atoms with Crippen LogP contribution >= 0.6 is 38.9 Å². The molecule has 0 aliphatic rings. The number of nitrogens with one attached hydrogen (secondary N) is 1. The van der Waals surface area contributed by atoms with Crippen LogP contribution in [0.2, 0.25) is 4.34 Å². The van der Waals surface area contributed by atoms with E-state index in [-0.39, 0.29) is 0 Å². The van der Waals surface area contributed by atoms with Gasteiger partial charge in [-0.2, -0.15) is 0 Å². The fourth-order valence-electron chi connectivity index (χ4n) is 1.75. The standard InChI is InChI=1S/C14H15BrClNS/c1-10-8-11(2-4-13(10)15)9-17-7-6-12-3-5-14(16)18-12/h2-5,8,17H,6-7,9H2,1H3. The molecule has 1 nitrogen and oxygen atoms in total. The minimum atomic E-state index is 0.869. The van der Waals surface area contributed by atoms with Crippen LogP contribution in [0.4, 0.5) is 0 Å². The van der Waals surface area contributed by atoms with E-state index in [1.807, 2.05) is 6.07 Å². The van der Waals surface area contributed by atoms with Crippen LogP contribution in [-0.2, 0) is 13.0 Å². The van der Waals surface area contributed by atoms with E-state index in [1.54, 1.807) is 11.3 Å². The Kier molecular flexibility index (Phi) is 5.25. The van der Waals surface area contributed by atoms with E-state index >= 15 is 0 Å². The lowest BCUT2D eigenvalue weighted by Crippen LogP contribution is -2.16. The quantitative estimate of drug-likeness (QED) is 0.768. The highest BCUT2D eigenvalue weighted by Gasteiger charge is 1.99. The van der Waals surface area contributed by atoms with Gasteiger partial charge in [0.1, 0.15) is 0 Å². The van der Waals surface area contributed by atoms with Gasteiger partial charge in [0.25, 0.3) is 0 Å². The van der Waals surface area contributed by atoms with Crippen molar-refractivity contribution in [2.45, 2.75) is 19.9 Å². The van der Waals surface area contributed by atoms with Crippen LogP contribution < -0.4 is 5.32 Å². The fourth-order valence-corrected chi connectivity index (χ4v) is 3.08. The molecule has 0 bridgehead atoms. The molecule has 0 fully saturated rings. The minimum Gasteiger partial charge on any atom is -0.312 e. The van der Waals surface area contributed by atoms with Gasteiger partial charge in [0, 0.05) is 22.4 Å². The summed E-state index contributed by atoms with van der Waals surface area (Å²) in [6, 6.07) is 10.5. The fraction of sp³-hybridized carbons (Fsp3) is 0.286. The van der Waals surface area contributed by atoms with Crippen LogP contribution in [0.25, 0.3) is 0 Å². The molecule has 1 aromatic carbocycles. The van der Waals surface area contributed by atoms with Gasteiger partial charge in [0.05, 0.1) is 4.34 Å². The molecule has 2 aromatic rings. The molecule has 18 heavy (non-hydrogen) atoms. The molecule has 1 N–H and O–H groups in total. The molecule has 0 amide bonds. The lowest BCUT2D eigenvalue weighted by Gasteiger charge is -2.06. The Morgan fingerprint density at radius 3 is 2.78 bits per heavy atom. The van der Waals surface area contributed by atoms with Gasteiger partial charge in [-0.3, -0.25) is 0 Å². The van der Waals surface area contributed by atoms with Crippen molar-refractivity contribution >= 4 is 38.9 Å². The second-order valence-electron chi connectivity index (χ2n) is 4.22. The van der Waals surface area contributed by atoms with Crippen LogP contribution in [0, 0.1) is 6.92 Å². The summed E-state index contributed by atoms with van der Waals surface area (Å²) in [5, 5.41) is 3.45. The van der Waals surface area contributed by atoms with Crippen molar-refractivity contribution in [2.75, 3.05) is 6.54 Å². The Morgan fingerprint density at radius 1 is 1.28 bits per heavy atom. The number of halogens is 2. The molecule has 96 valence electrons. The number of rotatable bonds is 5. The van der Waals surface area contributed by atoms with Gasteiger partial charge in [-0.25, -0.2) is 0 Å². The summed E-state index contributed by atoms with van der Waals surface area (Å²) in [5.41, 5.74) is 2.60. The van der Waals surface area contributed by atoms with Crippen molar-refractivity contribution in [1.29, 1.82) is 0 Å². The zero-order valence-corrected chi connectivity index (χ0v) is 13.3. The van der Waals surface area contributed by atoms with E-state index < -0.39 is 0 Å². The summed E-state index contributed by atoms with van der Waals surface area (Å²) < 4.78 is 2.04. The van der Waals surface area contributed by atoms with Gasteiger partial charge in [-0.1, -0.05) is 39.7 Å². The van der Waals surface area contributed by atoms with Gasteiger partial charge in [0.2, 0.25) is 0 Å².